The molecule has 1 atom stereocenters. The lowest BCUT2D eigenvalue weighted by Crippen LogP contribution is -2.46. The molecule has 0 aliphatic carbocycles. The number of anilines is 1. The fourth-order valence-electron chi connectivity index (χ4n) is 2.34. The molecular weight excluding hydrogens is 356 g/mol. The van der Waals surface area contributed by atoms with Crippen LogP contribution in [0.15, 0.2) is 30.5 Å². The minimum absolute atomic E-state index is 0.187. The van der Waals surface area contributed by atoms with Crippen LogP contribution in [0.25, 0.3) is 0 Å². The zero-order chi connectivity index (χ0) is 19.1. The van der Waals surface area contributed by atoms with Crippen LogP contribution in [-0.4, -0.2) is 34.7 Å². The van der Waals surface area contributed by atoms with E-state index in [2.05, 4.69) is 20.8 Å². The Kier molecular flexibility index (Phi) is 7.03. The Morgan fingerprint density at radius 1 is 1.31 bits per heavy atom. The third-order valence-corrected chi connectivity index (χ3v) is 4.04. The topological polar surface area (TPSA) is 96.1 Å². The molecule has 1 aromatic carbocycles. The summed E-state index contributed by atoms with van der Waals surface area (Å²) in [5, 5.41) is 12.5. The molecule has 0 aliphatic heterocycles. The molecule has 1 aromatic heterocycles. The summed E-state index contributed by atoms with van der Waals surface area (Å²) >= 11 is 5.97. The SMILES string of the molecule is Cc1cc(OCC(=O)NC(CC(C)C)C(=O)Nc2ccn[nH]2)ccc1Cl. The van der Waals surface area contributed by atoms with E-state index in [0.717, 1.165) is 5.56 Å². The van der Waals surface area contributed by atoms with Gasteiger partial charge in [0.15, 0.2) is 6.61 Å². The van der Waals surface area contributed by atoms with E-state index >= 15 is 0 Å². The van der Waals surface area contributed by atoms with E-state index in [-0.39, 0.29) is 24.3 Å². The van der Waals surface area contributed by atoms with Crippen LogP contribution in [0.4, 0.5) is 5.82 Å². The number of benzene rings is 1. The second kappa shape index (κ2) is 9.24. The fourth-order valence-corrected chi connectivity index (χ4v) is 2.46. The zero-order valence-corrected chi connectivity index (χ0v) is 15.8. The molecule has 0 spiro atoms. The Hall–Kier alpha value is -2.54. The Balaban J connectivity index is 1.92. The highest BCUT2D eigenvalue weighted by molar-refractivity contribution is 6.31. The van der Waals surface area contributed by atoms with Gasteiger partial charge in [-0.2, -0.15) is 5.10 Å². The summed E-state index contributed by atoms with van der Waals surface area (Å²) in [6, 6.07) is 6.13. The van der Waals surface area contributed by atoms with E-state index in [9.17, 15) is 9.59 Å². The van der Waals surface area contributed by atoms with E-state index in [1.165, 1.54) is 6.20 Å². The predicted octanol–water partition coefficient (Wildman–Crippen LogP) is 2.92. The number of amides is 2. The van der Waals surface area contributed by atoms with E-state index in [0.29, 0.717) is 23.0 Å². The number of rotatable bonds is 8. The molecule has 140 valence electrons. The van der Waals surface area contributed by atoms with E-state index in [4.69, 9.17) is 16.3 Å². The van der Waals surface area contributed by atoms with Crippen molar-refractivity contribution in [1.82, 2.24) is 15.5 Å². The van der Waals surface area contributed by atoms with Crippen molar-refractivity contribution in [2.24, 2.45) is 5.92 Å². The molecule has 1 heterocycles. The summed E-state index contributed by atoms with van der Waals surface area (Å²) in [4.78, 5) is 24.6. The second-order valence-electron chi connectivity index (χ2n) is 6.41. The molecule has 0 aliphatic rings. The first-order valence-corrected chi connectivity index (χ1v) is 8.71. The van der Waals surface area contributed by atoms with Gasteiger partial charge in [-0.1, -0.05) is 25.4 Å². The number of aromatic nitrogens is 2. The van der Waals surface area contributed by atoms with Crippen molar-refractivity contribution in [3.63, 3.8) is 0 Å². The molecule has 0 fully saturated rings. The maximum absolute atomic E-state index is 12.4. The molecule has 2 amide bonds. The van der Waals surface area contributed by atoms with Gasteiger partial charge >= 0.3 is 0 Å². The standard InChI is InChI=1S/C18H23ClN4O3/c1-11(2)8-15(18(25)22-16-6-7-20-23-16)21-17(24)10-26-13-4-5-14(19)12(3)9-13/h4-7,9,11,15H,8,10H2,1-3H3,(H,21,24)(H2,20,22,23,25). The van der Waals surface area contributed by atoms with Crippen molar-refractivity contribution in [3.8, 4) is 5.75 Å². The van der Waals surface area contributed by atoms with Crippen molar-refractivity contribution >= 4 is 29.2 Å². The average molecular weight is 379 g/mol. The molecule has 7 nitrogen and oxygen atoms in total. The van der Waals surface area contributed by atoms with Crippen molar-refractivity contribution < 1.29 is 14.3 Å². The fraction of sp³-hybridized carbons (Fsp3) is 0.389. The number of carbonyl (C=O) groups excluding carboxylic acids is 2. The maximum Gasteiger partial charge on any atom is 0.258 e. The van der Waals surface area contributed by atoms with E-state index in [1.807, 2.05) is 20.8 Å². The largest absolute Gasteiger partial charge is 0.484 e. The summed E-state index contributed by atoms with van der Waals surface area (Å²) in [6.07, 6.45) is 2.04. The quantitative estimate of drug-likeness (QED) is 0.658. The first-order valence-electron chi connectivity index (χ1n) is 8.33. The third-order valence-electron chi connectivity index (χ3n) is 3.62. The summed E-state index contributed by atoms with van der Waals surface area (Å²) in [6.45, 7) is 5.63. The second-order valence-corrected chi connectivity index (χ2v) is 6.82. The molecular formula is C18H23ClN4O3. The number of aryl methyl sites for hydroxylation is 1. The highest BCUT2D eigenvalue weighted by Gasteiger charge is 2.22. The Morgan fingerprint density at radius 2 is 2.08 bits per heavy atom. The lowest BCUT2D eigenvalue weighted by atomic mass is 10.0. The van der Waals surface area contributed by atoms with Crippen molar-refractivity contribution in [1.29, 1.82) is 0 Å². The van der Waals surface area contributed by atoms with Crippen LogP contribution in [0.1, 0.15) is 25.8 Å². The van der Waals surface area contributed by atoms with Gasteiger partial charge < -0.3 is 15.4 Å². The third kappa shape index (κ3) is 6.07. The molecule has 0 radical (unpaired) electrons. The number of nitrogens with zero attached hydrogens (tertiary/aromatic N) is 1. The van der Waals surface area contributed by atoms with Gasteiger partial charge in [0.2, 0.25) is 5.91 Å². The van der Waals surface area contributed by atoms with Crippen molar-refractivity contribution in [2.45, 2.75) is 33.2 Å². The van der Waals surface area contributed by atoms with Gasteiger partial charge in [-0.15, -0.1) is 0 Å². The van der Waals surface area contributed by atoms with Gasteiger partial charge in [-0.3, -0.25) is 14.7 Å². The number of halogens is 1. The van der Waals surface area contributed by atoms with Gasteiger partial charge in [-0.25, -0.2) is 0 Å². The first kappa shape index (κ1) is 19.8. The number of hydrogen-bond donors (Lipinski definition) is 3. The van der Waals surface area contributed by atoms with Gasteiger partial charge in [0.25, 0.3) is 5.91 Å². The Bertz CT molecular complexity index is 747. The molecule has 8 heteroatoms. The normalized spacial score (nSPS) is 11.9. The van der Waals surface area contributed by atoms with Crippen LogP contribution in [0, 0.1) is 12.8 Å². The summed E-state index contributed by atoms with van der Waals surface area (Å²) < 4.78 is 5.48. The van der Waals surface area contributed by atoms with Crippen LogP contribution in [0.5, 0.6) is 5.75 Å². The monoisotopic (exact) mass is 378 g/mol. The summed E-state index contributed by atoms with van der Waals surface area (Å²) in [5.41, 5.74) is 0.862. The number of ether oxygens (including phenoxy) is 1. The number of aromatic amines is 1. The minimum atomic E-state index is -0.665. The average Bonchev–Trinajstić information content (AvgIpc) is 3.08. The Morgan fingerprint density at radius 3 is 2.69 bits per heavy atom. The van der Waals surface area contributed by atoms with E-state index in [1.54, 1.807) is 24.3 Å². The lowest BCUT2D eigenvalue weighted by molar-refractivity contribution is -0.128. The van der Waals surface area contributed by atoms with Crippen molar-refractivity contribution in [3.05, 3.63) is 41.0 Å². The summed E-state index contributed by atoms with van der Waals surface area (Å²) in [5.74, 6) is 0.574. The number of carbonyl (C=O) groups is 2. The molecule has 1 unspecified atom stereocenters. The Labute approximate surface area is 157 Å². The highest BCUT2D eigenvalue weighted by atomic mass is 35.5. The van der Waals surface area contributed by atoms with Crippen LogP contribution < -0.4 is 15.4 Å². The predicted molar refractivity (Wildman–Crippen MR) is 100 cm³/mol. The molecule has 2 aromatic rings. The van der Waals surface area contributed by atoms with Crippen LogP contribution in [0.3, 0.4) is 0 Å². The molecule has 2 rings (SSSR count). The highest BCUT2D eigenvalue weighted by Crippen LogP contribution is 2.20. The number of H-pyrrole nitrogens is 1. The van der Waals surface area contributed by atoms with Crippen LogP contribution in [-0.2, 0) is 9.59 Å². The molecule has 26 heavy (non-hydrogen) atoms. The van der Waals surface area contributed by atoms with Crippen molar-refractivity contribution in [2.75, 3.05) is 11.9 Å². The zero-order valence-electron chi connectivity index (χ0n) is 15.0. The molecule has 0 bridgehead atoms. The smallest absolute Gasteiger partial charge is 0.258 e. The van der Waals surface area contributed by atoms with Gasteiger partial charge in [0.05, 0.1) is 6.20 Å². The van der Waals surface area contributed by atoms with Gasteiger partial charge in [-0.05, 0) is 43.0 Å². The molecule has 0 saturated carbocycles. The number of nitrogens with one attached hydrogen (secondary N) is 3. The number of hydrogen-bond acceptors (Lipinski definition) is 4. The van der Waals surface area contributed by atoms with Gasteiger partial charge in [0, 0.05) is 11.1 Å². The maximum atomic E-state index is 12.4. The minimum Gasteiger partial charge on any atom is -0.484 e. The first-order chi connectivity index (χ1) is 12.3. The van der Waals surface area contributed by atoms with Crippen LogP contribution >= 0.6 is 11.6 Å². The lowest BCUT2D eigenvalue weighted by Gasteiger charge is -2.20. The van der Waals surface area contributed by atoms with E-state index < -0.39 is 6.04 Å². The molecule has 0 saturated heterocycles. The summed E-state index contributed by atoms with van der Waals surface area (Å²) in [7, 11) is 0. The van der Waals surface area contributed by atoms with Gasteiger partial charge in [0.1, 0.15) is 17.6 Å². The molecule has 3 N–H and O–H groups in total. The van der Waals surface area contributed by atoms with Crippen LogP contribution in [0.2, 0.25) is 5.02 Å².